The molecule has 1 unspecified atom stereocenters. The highest BCUT2D eigenvalue weighted by atomic mass is 35.5. The van der Waals surface area contributed by atoms with Gasteiger partial charge >= 0.3 is 0 Å². The lowest BCUT2D eigenvalue weighted by Crippen LogP contribution is -2.33. The molecule has 154 valence electrons. The Morgan fingerprint density at radius 3 is 2.57 bits per heavy atom. The zero-order valence-electron chi connectivity index (χ0n) is 16.9. The summed E-state index contributed by atoms with van der Waals surface area (Å²) in [4.78, 5) is 32.3. The van der Waals surface area contributed by atoms with Gasteiger partial charge in [0.2, 0.25) is 0 Å². The number of halogens is 1. The first-order valence-corrected chi connectivity index (χ1v) is 10.7. The first-order valence-electron chi connectivity index (χ1n) is 10.3. The van der Waals surface area contributed by atoms with Crippen LogP contribution in [0.25, 0.3) is 11.4 Å². The van der Waals surface area contributed by atoms with Crippen LogP contribution >= 0.6 is 11.6 Å². The van der Waals surface area contributed by atoms with Crippen molar-refractivity contribution in [1.82, 2.24) is 15.3 Å². The van der Waals surface area contributed by atoms with Gasteiger partial charge < -0.3 is 10.3 Å². The van der Waals surface area contributed by atoms with E-state index in [4.69, 9.17) is 11.6 Å². The minimum absolute atomic E-state index is 0.00382. The first kappa shape index (κ1) is 20.4. The number of H-pyrrole nitrogens is 1. The van der Waals surface area contributed by atoms with E-state index in [9.17, 15) is 9.59 Å². The molecule has 0 fully saturated rings. The Hall–Kier alpha value is -2.92. The number of hydrogen-bond donors (Lipinski definition) is 2. The summed E-state index contributed by atoms with van der Waals surface area (Å²) < 4.78 is 0. The molecule has 2 aromatic carbocycles. The van der Waals surface area contributed by atoms with Crippen LogP contribution in [0.4, 0.5) is 0 Å². The van der Waals surface area contributed by atoms with Crippen LogP contribution in [-0.2, 0) is 12.8 Å². The molecule has 1 aliphatic carbocycles. The Morgan fingerprint density at radius 1 is 1.13 bits per heavy atom. The predicted octanol–water partition coefficient (Wildman–Crippen LogP) is 4.85. The van der Waals surface area contributed by atoms with Crippen LogP contribution < -0.4 is 10.9 Å². The van der Waals surface area contributed by atoms with Gasteiger partial charge in [0.05, 0.1) is 6.04 Å². The molecule has 1 aliphatic rings. The fraction of sp³-hybridized carbons (Fsp3) is 0.292. The molecule has 0 spiro atoms. The van der Waals surface area contributed by atoms with Crippen molar-refractivity contribution < 1.29 is 4.79 Å². The quantitative estimate of drug-likeness (QED) is 0.618. The Bertz CT molecular complexity index is 1120. The van der Waals surface area contributed by atoms with Crippen molar-refractivity contribution in [3.8, 4) is 11.4 Å². The molecule has 0 bridgehead atoms. The largest absolute Gasteiger partial charge is 0.345 e. The second-order valence-corrected chi connectivity index (χ2v) is 8.09. The fourth-order valence-electron chi connectivity index (χ4n) is 3.94. The summed E-state index contributed by atoms with van der Waals surface area (Å²) >= 11 is 5.90. The maximum absolute atomic E-state index is 12.8. The van der Waals surface area contributed by atoms with Crippen LogP contribution in [0.1, 0.15) is 59.3 Å². The normalized spacial score (nSPS) is 14.1. The van der Waals surface area contributed by atoms with E-state index in [-0.39, 0.29) is 11.6 Å². The van der Waals surface area contributed by atoms with Crippen molar-refractivity contribution in [3.63, 3.8) is 0 Å². The predicted molar refractivity (Wildman–Crippen MR) is 119 cm³/mol. The molecule has 30 heavy (non-hydrogen) atoms. The van der Waals surface area contributed by atoms with Gasteiger partial charge in [0, 0.05) is 16.8 Å². The van der Waals surface area contributed by atoms with E-state index >= 15 is 0 Å². The zero-order chi connectivity index (χ0) is 21.1. The van der Waals surface area contributed by atoms with Crippen molar-refractivity contribution in [2.24, 2.45) is 0 Å². The summed E-state index contributed by atoms with van der Waals surface area (Å²) in [5, 5.41) is 3.60. The Labute approximate surface area is 180 Å². The second-order valence-electron chi connectivity index (χ2n) is 7.65. The van der Waals surface area contributed by atoms with E-state index in [1.807, 2.05) is 6.92 Å². The molecule has 1 atom stereocenters. The topological polar surface area (TPSA) is 74.8 Å². The SMILES string of the molecule is CCC(NC(=O)c1cnc(-c2ccc(Cl)cc2)[nH]c1=O)c1ccc2c(c1)CCCC2. The number of carbonyl (C=O) groups is 1. The molecule has 0 aliphatic heterocycles. The summed E-state index contributed by atoms with van der Waals surface area (Å²) in [6.07, 6.45) is 6.72. The number of aromatic amines is 1. The number of rotatable bonds is 5. The number of nitrogens with one attached hydrogen (secondary N) is 2. The van der Waals surface area contributed by atoms with Crippen LogP contribution in [0, 0.1) is 0 Å². The van der Waals surface area contributed by atoms with Crippen molar-refractivity contribution in [2.45, 2.75) is 45.1 Å². The summed E-state index contributed by atoms with van der Waals surface area (Å²) in [6, 6.07) is 13.3. The first-order chi connectivity index (χ1) is 14.5. The maximum atomic E-state index is 12.8. The number of fused-ring (bicyclic) bond motifs is 1. The third-order valence-electron chi connectivity index (χ3n) is 5.65. The van der Waals surface area contributed by atoms with Crippen molar-refractivity contribution >= 4 is 17.5 Å². The fourth-order valence-corrected chi connectivity index (χ4v) is 4.06. The molecule has 5 nitrogen and oxygen atoms in total. The van der Waals surface area contributed by atoms with Gasteiger partial charge in [0.15, 0.2) is 0 Å². The molecule has 6 heteroatoms. The number of aryl methyl sites for hydroxylation is 2. The average molecular weight is 422 g/mol. The van der Waals surface area contributed by atoms with Gasteiger partial charge in [-0.25, -0.2) is 4.98 Å². The van der Waals surface area contributed by atoms with Gasteiger partial charge in [0.1, 0.15) is 11.4 Å². The van der Waals surface area contributed by atoms with Crippen molar-refractivity contribution in [3.05, 3.63) is 86.3 Å². The smallest absolute Gasteiger partial charge is 0.264 e. The second kappa shape index (κ2) is 8.84. The lowest BCUT2D eigenvalue weighted by Gasteiger charge is -2.21. The van der Waals surface area contributed by atoms with Crippen LogP contribution in [0.3, 0.4) is 0 Å². The van der Waals surface area contributed by atoms with Gasteiger partial charge in [-0.05, 0) is 73.1 Å². The summed E-state index contributed by atoms with van der Waals surface area (Å²) in [6.45, 7) is 2.02. The molecular formula is C24H24ClN3O2. The van der Waals surface area contributed by atoms with Crippen LogP contribution in [-0.4, -0.2) is 15.9 Å². The Morgan fingerprint density at radius 2 is 1.87 bits per heavy atom. The van der Waals surface area contributed by atoms with Crippen molar-refractivity contribution in [1.29, 1.82) is 0 Å². The summed E-state index contributed by atoms with van der Waals surface area (Å²) in [5.74, 6) is -0.0223. The van der Waals surface area contributed by atoms with E-state index in [2.05, 4.69) is 33.5 Å². The minimum Gasteiger partial charge on any atom is -0.345 e. The monoisotopic (exact) mass is 421 g/mol. The third-order valence-corrected chi connectivity index (χ3v) is 5.90. The molecule has 2 N–H and O–H groups in total. The molecule has 0 saturated heterocycles. The van der Waals surface area contributed by atoms with E-state index < -0.39 is 11.5 Å². The molecular weight excluding hydrogens is 398 g/mol. The lowest BCUT2D eigenvalue weighted by molar-refractivity contribution is 0.0933. The number of benzene rings is 2. The Kier molecular flexibility index (Phi) is 6.00. The summed E-state index contributed by atoms with van der Waals surface area (Å²) in [5.41, 5.74) is 4.12. The number of aromatic nitrogens is 2. The highest BCUT2D eigenvalue weighted by Crippen LogP contribution is 2.26. The van der Waals surface area contributed by atoms with Crippen LogP contribution in [0.2, 0.25) is 5.02 Å². The molecule has 4 rings (SSSR count). The Balaban J connectivity index is 1.53. The van der Waals surface area contributed by atoms with Gasteiger partial charge in [-0.1, -0.05) is 36.7 Å². The molecule has 0 saturated carbocycles. The van der Waals surface area contributed by atoms with Crippen molar-refractivity contribution in [2.75, 3.05) is 0 Å². The van der Waals surface area contributed by atoms with Gasteiger partial charge in [-0.2, -0.15) is 0 Å². The molecule has 1 heterocycles. The summed E-state index contributed by atoms with van der Waals surface area (Å²) in [7, 11) is 0. The van der Waals surface area contributed by atoms with E-state index in [1.54, 1.807) is 24.3 Å². The van der Waals surface area contributed by atoms with Gasteiger partial charge in [-0.15, -0.1) is 0 Å². The van der Waals surface area contributed by atoms with E-state index in [0.29, 0.717) is 10.8 Å². The molecule has 0 radical (unpaired) electrons. The number of hydrogen-bond acceptors (Lipinski definition) is 3. The maximum Gasteiger partial charge on any atom is 0.264 e. The third kappa shape index (κ3) is 4.31. The number of amides is 1. The lowest BCUT2D eigenvalue weighted by atomic mass is 9.89. The molecule has 1 amide bonds. The number of carbonyl (C=O) groups excluding carboxylic acids is 1. The standard InChI is InChI=1S/C24H24ClN3O2/c1-2-21(18-8-7-15-5-3-4-6-17(15)13-18)27-23(29)20-14-26-22(28-24(20)30)16-9-11-19(25)12-10-16/h7-14,21H,2-6H2,1H3,(H,27,29)(H,26,28,30). The van der Waals surface area contributed by atoms with E-state index in [1.165, 1.54) is 30.2 Å². The van der Waals surface area contributed by atoms with Crippen LogP contribution in [0.15, 0.2) is 53.5 Å². The highest BCUT2D eigenvalue weighted by Gasteiger charge is 2.19. The molecule has 3 aromatic rings. The average Bonchev–Trinajstić information content (AvgIpc) is 2.77. The minimum atomic E-state index is -0.465. The van der Waals surface area contributed by atoms with Gasteiger partial charge in [0.25, 0.3) is 11.5 Å². The zero-order valence-corrected chi connectivity index (χ0v) is 17.6. The highest BCUT2D eigenvalue weighted by molar-refractivity contribution is 6.30. The van der Waals surface area contributed by atoms with Crippen LogP contribution in [0.5, 0.6) is 0 Å². The number of nitrogens with zero attached hydrogens (tertiary/aromatic N) is 1. The van der Waals surface area contributed by atoms with Gasteiger partial charge in [-0.3, -0.25) is 9.59 Å². The molecule has 1 aromatic heterocycles. The van der Waals surface area contributed by atoms with E-state index in [0.717, 1.165) is 30.4 Å².